The zero-order chi connectivity index (χ0) is 12.3. The molecule has 4 heteroatoms. The molecule has 1 fully saturated rings. The standard InChI is InChI=1S/C12H22F2N2/c1-5-11(13)12(14,10(2)3)16-8-6-15(4)7-9-16/h11H,2,5-9H2,1,3-4H3. The SMILES string of the molecule is C=C(C)C(F)(C(F)CC)N1CCN(C)CC1. The zero-order valence-corrected chi connectivity index (χ0v) is 10.5. The number of likely N-dealkylation sites (N-methyl/N-ethyl adjacent to an activating group) is 1. The number of piperazine rings is 1. The van der Waals surface area contributed by atoms with Gasteiger partial charge in [0.05, 0.1) is 0 Å². The van der Waals surface area contributed by atoms with Crippen molar-refractivity contribution in [1.82, 2.24) is 9.80 Å². The first kappa shape index (κ1) is 13.6. The van der Waals surface area contributed by atoms with Crippen LogP contribution < -0.4 is 0 Å². The maximum absolute atomic E-state index is 14.8. The normalized spacial score (nSPS) is 25.1. The lowest BCUT2D eigenvalue weighted by Gasteiger charge is -2.43. The number of alkyl halides is 2. The van der Waals surface area contributed by atoms with Crippen molar-refractivity contribution in [1.29, 1.82) is 0 Å². The number of hydrogen-bond donors (Lipinski definition) is 0. The molecule has 0 aromatic heterocycles. The second-order valence-electron chi connectivity index (χ2n) is 4.62. The molecule has 0 aromatic rings. The van der Waals surface area contributed by atoms with Crippen molar-refractivity contribution >= 4 is 0 Å². The minimum absolute atomic E-state index is 0.176. The van der Waals surface area contributed by atoms with Crippen LogP contribution in [0.3, 0.4) is 0 Å². The van der Waals surface area contributed by atoms with E-state index in [-0.39, 0.29) is 12.0 Å². The van der Waals surface area contributed by atoms with Crippen LogP contribution in [0.5, 0.6) is 0 Å². The average Bonchev–Trinajstić information content (AvgIpc) is 2.27. The Bertz CT molecular complexity index is 249. The first-order valence-electron chi connectivity index (χ1n) is 5.85. The largest absolute Gasteiger partial charge is 0.304 e. The summed E-state index contributed by atoms with van der Waals surface area (Å²) >= 11 is 0. The van der Waals surface area contributed by atoms with E-state index in [0.717, 1.165) is 13.1 Å². The van der Waals surface area contributed by atoms with E-state index in [4.69, 9.17) is 0 Å². The molecule has 0 saturated carbocycles. The van der Waals surface area contributed by atoms with Gasteiger partial charge in [0.2, 0.25) is 5.79 Å². The molecule has 1 aliphatic heterocycles. The van der Waals surface area contributed by atoms with Gasteiger partial charge in [0.25, 0.3) is 0 Å². The number of halogens is 2. The number of hydrogen-bond acceptors (Lipinski definition) is 2. The van der Waals surface area contributed by atoms with Crippen LogP contribution in [0.15, 0.2) is 12.2 Å². The minimum atomic E-state index is -1.99. The van der Waals surface area contributed by atoms with Crippen molar-refractivity contribution in [3.8, 4) is 0 Å². The molecule has 16 heavy (non-hydrogen) atoms. The third-order valence-electron chi connectivity index (χ3n) is 3.34. The van der Waals surface area contributed by atoms with Crippen LogP contribution in [-0.2, 0) is 0 Å². The second-order valence-corrected chi connectivity index (χ2v) is 4.62. The summed E-state index contributed by atoms with van der Waals surface area (Å²) in [5.41, 5.74) is 0.270. The molecule has 94 valence electrons. The second kappa shape index (κ2) is 5.23. The van der Waals surface area contributed by atoms with E-state index in [0.29, 0.717) is 13.1 Å². The minimum Gasteiger partial charge on any atom is -0.304 e. The molecule has 2 atom stereocenters. The Morgan fingerprint density at radius 1 is 1.38 bits per heavy atom. The molecule has 0 aromatic carbocycles. The third kappa shape index (κ3) is 2.43. The van der Waals surface area contributed by atoms with Gasteiger partial charge in [-0.1, -0.05) is 13.5 Å². The van der Waals surface area contributed by atoms with Crippen LogP contribution in [0.1, 0.15) is 20.3 Å². The summed E-state index contributed by atoms with van der Waals surface area (Å²) in [6.07, 6.45) is -1.32. The summed E-state index contributed by atoms with van der Waals surface area (Å²) in [6, 6.07) is 0. The third-order valence-corrected chi connectivity index (χ3v) is 3.34. The van der Waals surface area contributed by atoms with Gasteiger partial charge in [-0.05, 0) is 26.0 Å². The van der Waals surface area contributed by atoms with Crippen molar-refractivity contribution < 1.29 is 8.78 Å². The Labute approximate surface area is 96.9 Å². The molecular weight excluding hydrogens is 210 g/mol. The molecule has 1 saturated heterocycles. The summed E-state index contributed by atoms with van der Waals surface area (Å²) in [6.45, 7) is 9.51. The monoisotopic (exact) mass is 232 g/mol. The zero-order valence-electron chi connectivity index (χ0n) is 10.5. The van der Waals surface area contributed by atoms with Crippen molar-refractivity contribution in [2.45, 2.75) is 32.2 Å². The highest BCUT2D eigenvalue weighted by atomic mass is 19.2. The van der Waals surface area contributed by atoms with Crippen LogP contribution in [0, 0.1) is 0 Å². The highest BCUT2D eigenvalue weighted by Gasteiger charge is 2.45. The summed E-state index contributed by atoms with van der Waals surface area (Å²) in [5.74, 6) is -1.99. The van der Waals surface area contributed by atoms with Gasteiger partial charge in [0.1, 0.15) is 0 Å². The Morgan fingerprint density at radius 2 is 1.88 bits per heavy atom. The summed E-state index contributed by atoms with van der Waals surface area (Å²) in [5, 5.41) is 0. The van der Waals surface area contributed by atoms with Gasteiger partial charge in [-0.3, -0.25) is 4.90 Å². The molecule has 1 rings (SSSR count). The Kier molecular flexibility index (Phi) is 4.44. The van der Waals surface area contributed by atoms with Crippen LogP contribution in [0.4, 0.5) is 8.78 Å². The van der Waals surface area contributed by atoms with E-state index in [1.807, 2.05) is 7.05 Å². The van der Waals surface area contributed by atoms with E-state index in [9.17, 15) is 8.78 Å². The lowest BCUT2D eigenvalue weighted by Crippen LogP contribution is -2.58. The molecule has 0 radical (unpaired) electrons. The van der Waals surface area contributed by atoms with E-state index >= 15 is 0 Å². The molecule has 0 aliphatic carbocycles. The predicted molar refractivity (Wildman–Crippen MR) is 62.9 cm³/mol. The fraction of sp³-hybridized carbons (Fsp3) is 0.833. The maximum atomic E-state index is 14.8. The van der Waals surface area contributed by atoms with Gasteiger partial charge >= 0.3 is 0 Å². The van der Waals surface area contributed by atoms with Crippen molar-refractivity contribution in [2.24, 2.45) is 0 Å². The predicted octanol–water partition coefficient (Wildman–Crippen LogP) is 2.22. The topological polar surface area (TPSA) is 6.48 Å². The molecule has 0 spiro atoms. The van der Waals surface area contributed by atoms with Gasteiger partial charge in [-0.15, -0.1) is 0 Å². The molecule has 1 heterocycles. The fourth-order valence-electron chi connectivity index (χ4n) is 2.14. The lowest BCUT2D eigenvalue weighted by molar-refractivity contribution is -0.0814. The number of rotatable bonds is 4. The maximum Gasteiger partial charge on any atom is 0.216 e. The van der Waals surface area contributed by atoms with Crippen LogP contribution in [-0.4, -0.2) is 55.0 Å². The average molecular weight is 232 g/mol. The molecule has 0 amide bonds. The summed E-state index contributed by atoms with van der Waals surface area (Å²) in [7, 11) is 1.99. The summed E-state index contributed by atoms with van der Waals surface area (Å²) in [4.78, 5) is 3.71. The Morgan fingerprint density at radius 3 is 2.25 bits per heavy atom. The van der Waals surface area contributed by atoms with Crippen molar-refractivity contribution in [3.05, 3.63) is 12.2 Å². The van der Waals surface area contributed by atoms with Gasteiger partial charge in [0, 0.05) is 26.2 Å². The van der Waals surface area contributed by atoms with Crippen LogP contribution >= 0.6 is 0 Å². The highest BCUT2D eigenvalue weighted by Crippen LogP contribution is 2.33. The van der Waals surface area contributed by atoms with E-state index < -0.39 is 12.0 Å². The molecule has 2 unspecified atom stereocenters. The van der Waals surface area contributed by atoms with Crippen LogP contribution in [0.2, 0.25) is 0 Å². The van der Waals surface area contributed by atoms with Gasteiger partial charge in [0.15, 0.2) is 6.17 Å². The van der Waals surface area contributed by atoms with Gasteiger partial charge < -0.3 is 4.90 Å². The first-order chi connectivity index (χ1) is 7.42. The quantitative estimate of drug-likeness (QED) is 0.542. The molecular formula is C12H22F2N2. The Hall–Kier alpha value is -0.480. The fourth-order valence-corrected chi connectivity index (χ4v) is 2.14. The van der Waals surface area contributed by atoms with E-state index in [1.165, 1.54) is 0 Å². The molecule has 2 nitrogen and oxygen atoms in total. The van der Waals surface area contributed by atoms with Crippen molar-refractivity contribution in [3.63, 3.8) is 0 Å². The molecule has 0 N–H and O–H groups in total. The molecule has 0 bridgehead atoms. The molecule has 1 aliphatic rings. The summed E-state index contributed by atoms with van der Waals surface area (Å²) < 4.78 is 28.6. The Balaban J connectivity index is 2.81. The van der Waals surface area contributed by atoms with Gasteiger partial charge in [-0.2, -0.15) is 0 Å². The smallest absolute Gasteiger partial charge is 0.216 e. The highest BCUT2D eigenvalue weighted by molar-refractivity contribution is 5.13. The van der Waals surface area contributed by atoms with E-state index in [1.54, 1.807) is 18.7 Å². The van der Waals surface area contributed by atoms with Crippen LogP contribution in [0.25, 0.3) is 0 Å². The lowest BCUT2D eigenvalue weighted by atomic mass is 9.97. The van der Waals surface area contributed by atoms with Gasteiger partial charge in [-0.25, -0.2) is 8.78 Å². The van der Waals surface area contributed by atoms with E-state index in [2.05, 4.69) is 11.5 Å². The first-order valence-corrected chi connectivity index (χ1v) is 5.85. The number of nitrogens with zero attached hydrogens (tertiary/aromatic N) is 2. The van der Waals surface area contributed by atoms with Crippen molar-refractivity contribution in [2.75, 3.05) is 33.2 Å².